The molecule has 0 spiro atoms. The van der Waals surface area contributed by atoms with Crippen LogP contribution >= 0.6 is 0 Å². The summed E-state index contributed by atoms with van der Waals surface area (Å²) in [6.45, 7) is 10.3. The Bertz CT molecular complexity index is 2310. The summed E-state index contributed by atoms with van der Waals surface area (Å²) >= 11 is 0. The van der Waals surface area contributed by atoms with Crippen molar-refractivity contribution in [3.05, 3.63) is 136 Å². The van der Waals surface area contributed by atoms with Crippen LogP contribution in [0.4, 0.5) is 5.69 Å². The van der Waals surface area contributed by atoms with Crippen LogP contribution in [0.25, 0.3) is 11.3 Å². The Labute approximate surface area is 339 Å². The molecule has 0 unspecified atom stereocenters. The predicted octanol–water partition coefficient (Wildman–Crippen LogP) is 6.38. The van der Waals surface area contributed by atoms with E-state index in [0.717, 1.165) is 84.2 Å². The minimum atomic E-state index is -0.280. The van der Waals surface area contributed by atoms with Crippen molar-refractivity contribution in [1.29, 1.82) is 0 Å². The Balaban J connectivity index is 1.04. The number of hydrogen-bond donors (Lipinski definition) is 2. The van der Waals surface area contributed by atoms with Crippen molar-refractivity contribution >= 4 is 23.4 Å². The van der Waals surface area contributed by atoms with Gasteiger partial charge in [-0.05, 0) is 109 Å². The zero-order valence-electron chi connectivity index (χ0n) is 33.5. The Kier molecular flexibility index (Phi) is 11.3. The number of carbonyl (C=O) groups is 3. The molecule has 5 aromatic rings. The maximum atomic E-state index is 14.9. The molecule has 4 aromatic carbocycles. The average Bonchev–Trinajstić information content (AvgIpc) is 3.54. The van der Waals surface area contributed by atoms with Gasteiger partial charge >= 0.3 is 0 Å². The molecule has 11 nitrogen and oxygen atoms in total. The lowest BCUT2D eigenvalue weighted by molar-refractivity contribution is -0.131. The number of phenols is 1. The molecular formula is C47H51N5O6. The third kappa shape index (κ3) is 8.37. The minimum Gasteiger partial charge on any atom is -0.508 e. The molecule has 300 valence electrons. The van der Waals surface area contributed by atoms with Crippen LogP contribution in [0.1, 0.15) is 61.2 Å². The molecule has 3 aliphatic heterocycles. The van der Waals surface area contributed by atoms with Gasteiger partial charge in [0.2, 0.25) is 5.91 Å². The second-order valence-electron chi connectivity index (χ2n) is 15.7. The summed E-state index contributed by atoms with van der Waals surface area (Å²) in [5, 5.41) is 12.7. The highest BCUT2D eigenvalue weighted by atomic mass is 16.5. The van der Waals surface area contributed by atoms with Gasteiger partial charge in [0.05, 0.1) is 25.2 Å². The second-order valence-corrected chi connectivity index (χ2v) is 15.7. The number of ether oxygens (including phenoxy) is 2. The van der Waals surface area contributed by atoms with Gasteiger partial charge in [0.15, 0.2) is 0 Å². The molecular weight excluding hydrogens is 731 g/mol. The predicted molar refractivity (Wildman–Crippen MR) is 223 cm³/mol. The number of hydrogen-bond acceptors (Lipinski definition) is 7. The van der Waals surface area contributed by atoms with Gasteiger partial charge in [0, 0.05) is 80.6 Å². The lowest BCUT2D eigenvalue weighted by Crippen LogP contribution is -2.43. The summed E-state index contributed by atoms with van der Waals surface area (Å²) in [6, 6.07) is 28.4. The Morgan fingerprint density at radius 1 is 0.845 bits per heavy atom. The molecule has 11 heteroatoms. The molecule has 1 saturated heterocycles. The van der Waals surface area contributed by atoms with E-state index in [4.69, 9.17) is 9.47 Å². The first kappa shape index (κ1) is 38.9. The van der Waals surface area contributed by atoms with Gasteiger partial charge in [-0.25, -0.2) is 0 Å². The summed E-state index contributed by atoms with van der Waals surface area (Å²) in [4.78, 5) is 48.4. The molecule has 3 aliphatic rings. The first-order valence-corrected chi connectivity index (χ1v) is 20.2. The van der Waals surface area contributed by atoms with Gasteiger partial charge < -0.3 is 34.3 Å². The molecule has 2 N–H and O–H groups in total. The van der Waals surface area contributed by atoms with Crippen LogP contribution in [-0.2, 0) is 48.9 Å². The molecule has 58 heavy (non-hydrogen) atoms. The topological polar surface area (TPSA) is 117 Å². The Morgan fingerprint density at radius 3 is 2.34 bits per heavy atom. The number of carbonyl (C=O) groups excluding carboxylic acids is 3. The number of aromatic nitrogens is 1. The molecule has 1 fully saturated rings. The quantitative estimate of drug-likeness (QED) is 0.158. The molecule has 8 rings (SSSR count). The fourth-order valence-corrected chi connectivity index (χ4v) is 8.35. The molecule has 0 aliphatic carbocycles. The number of phenolic OH excluding ortho intramolecular Hbond substituents is 1. The van der Waals surface area contributed by atoms with Gasteiger partial charge in [-0.3, -0.25) is 19.3 Å². The molecule has 3 amide bonds. The van der Waals surface area contributed by atoms with Crippen LogP contribution in [-0.4, -0.2) is 94.1 Å². The van der Waals surface area contributed by atoms with E-state index < -0.39 is 0 Å². The van der Waals surface area contributed by atoms with Crippen molar-refractivity contribution in [1.82, 2.24) is 19.3 Å². The zero-order valence-corrected chi connectivity index (χ0v) is 33.5. The number of amides is 3. The van der Waals surface area contributed by atoms with Crippen molar-refractivity contribution in [2.45, 2.75) is 52.2 Å². The second kappa shape index (κ2) is 16.9. The van der Waals surface area contributed by atoms with Crippen molar-refractivity contribution in [3.8, 4) is 22.8 Å². The van der Waals surface area contributed by atoms with E-state index in [1.54, 1.807) is 12.1 Å². The van der Waals surface area contributed by atoms with Crippen molar-refractivity contribution in [3.63, 3.8) is 0 Å². The van der Waals surface area contributed by atoms with E-state index in [-0.39, 0.29) is 35.9 Å². The number of nitrogens with one attached hydrogen (secondary N) is 1. The monoisotopic (exact) mass is 781 g/mol. The highest BCUT2D eigenvalue weighted by molar-refractivity contribution is 6.07. The van der Waals surface area contributed by atoms with Crippen LogP contribution in [0.2, 0.25) is 0 Å². The third-order valence-electron chi connectivity index (χ3n) is 11.9. The fourth-order valence-electron chi connectivity index (χ4n) is 8.35. The van der Waals surface area contributed by atoms with Crippen molar-refractivity contribution in [2.24, 2.45) is 7.05 Å². The molecule has 1 aromatic heterocycles. The van der Waals surface area contributed by atoms with Crippen LogP contribution in [0.5, 0.6) is 11.5 Å². The Morgan fingerprint density at radius 2 is 1.59 bits per heavy atom. The summed E-state index contributed by atoms with van der Waals surface area (Å²) in [5.41, 5.74) is 9.24. The molecule has 0 radical (unpaired) electrons. The van der Waals surface area contributed by atoms with E-state index in [2.05, 4.69) is 35.3 Å². The normalized spacial score (nSPS) is 16.7. The van der Waals surface area contributed by atoms with Crippen LogP contribution < -0.4 is 10.1 Å². The van der Waals surface area contributed by atoms with Crippen molar-refractivity contribution in [2.75, 3.05) is 51.3 Å². The smallest absolute Gasteiger partial charge is 0.257 e. The lowest BCUT2D eigenvalue weighted by atomic mass is 9.89. The van der Waals surface area contributed by atoms with E-state index in [0.29, 0.717) is 49.5 Å². The number of anilines is 1. The zero-order chi connectivity index (χ0) is 40.3. The van der Waals surface area contributed by atoms with Gasteiger partial charge in [0.1, 0.15) is 18.1 Å². The molecule has 0 saturated carbocycles. The highest BCUT2D eigenvalue weighted by Gasteiger charge is 2.32. The minimum absolute atomic E-state index is 0.0206. The van der Waals surface area contributed by atoms with E-state index >= 15 is 0 Å². The largest absolute Gasteiger partial charge is 0.508 e. The molecule has 4 heterocycles. The van der Waals surface area contributed by atoms with Crippen LogP contribution in [0.15, 0.2) is 91.0 Å². The van der Waals surface area contributed by atoms with Crippen LogP contribution in [0.3, 0.4) is 0 Å². The maximum absolute atomic E-state index is 14.9. The number of nitrogens with zero attached hydrogens (tertiary/aromatic N) is 4. The van der Waals surface area contributed by atoms with Gasteiger partial charge in [-0.1, -0.05) is 36.4 Å². The van der Waals surface area contributed by atoms with Crippen molar-refractivity contribution < 1.29 is 29.0 Å². The number of morpholine rings is 1. The maximum Gasteiger partial charge on any atom is 0.257 e. The fraction of sp³-hybridized carbons (Fsp3) is 0.340. The number of benzene rings is 4. The highest BCUT2D eigenvalue weighted by Crippen LogP contribution is 2.35. The van der Waals surface area contributed by atoms with Gasteiger partial charge in [0.25, 0.3) is 11.8 Å². The molecule has 0 bridgehead atoms. The van der Waals surface area contributed by atoms with Crippen LogP contribution in [0, 0.1) is 6.92 Å². The number of aromatic hydroxyl groups is 1. The number of rotatable bonds is 10. The molecule has 1 atom stereocenters. The standard InChI is InChI=1S/C47H51N5O6/c1-31-24-34-6-4-5-7-36(34)30-52(31)47(56)43-27-37-29-51(45(54)25-33-8-14-40(15-9-33)58-23-20-50-18-21-57-22-19-50)17-16-35(37)26-42(43)44-28-41(32(2)49(44)3)46(55)48-38-10-12-39(53)13-11-38/h4-15,26-28,31,53H,16-25,29-30H2,1-3H3,(H,48,55)/t31-/m1/s1. The average molecular weight is 782 g/mol. The summed E-state index contributed by atoms with van der Waals surface area (Å²) in [6.07, 6.45) is 1.68. The lowest BCUT2D eigenvalue weighted by Gasteiger charge is -2.36. The summed E-state index contributed by atoms with van der Waals surface area (Å²) in [5.74, 6) is 0.578. The van der Waals surface area contributed by atoms with E-state index in [9.17, 15) is 19.5 Å². The SMILES string of the molecule is Cc1c(C(=O)Nc2ccc(O)cc2)cc(-c2cc3c(cc2C(=O)N2Cc4ccccc4C[C@H]2C)CN(C(=O)Cc2ccc(OCCN4CCOCC4)cc2)CC3)n1C. The summed E-state index contributed by atoms with van der Waals surface area (Å²) < 4.78 is 13.4. The summed E-state index contributed by atoms with van der Waals surface area (Å²) in [7, 11) is 1.92. The van der Waals surface area contributed by atoms with E-state index in [1.165, 1.54) is 17.7 Å². The third-order valence-corrected chi connectivity index (χ3v) is 11.9. The Hall–Kier alpha value is -5.91. The first-order valence-electron chi connectivity index (χ1n) is 20.2. The first-order chi connectivity index (χ1) is 28.1. The van der Waals surface area contributed by atoms with Gasteiger partial charge in [-0.2, -0.15) is 0 Å². The number of fused-ring (bicyclic) bond motifs is 2. The van der Waals surface area contributed by atoms with E-state index in [1.807, 2.05) is 76.9 Å². The van der Waals surface area contributed by atoms with Gasteiger partial charge in [-0.15, -0.1) is 0 Å².